The Morgan fingerprint density at radius 2 is 1.72 bits per heavy atom. The molecular weight excluding hydrogens is 334 g/mol. The van der Waals surface area contributed by atoms with Gasteiger partial charge in [0.1, 0.15) is 0 Å². The third-order valence-electron chi connectivity index (χ3n) is 4.71. The Labute approximate surface area is 154 Å². The van der Waals surface area contributed by atoms with Gasteiger partial charge in [-0.1, -0.05) is 41.4 Å². The molecule has 0 aromatic heterocycles. The highest BCUT2D eigenvalue weighted by Gasteiger charge is 2.23. The van der Waals surface area contributed by atoms with Crippen molar-refractivity contribution in [3.8, 4) is 0 Å². The van der Waals surface area contributed by atoms with Gasteiger partial charge in [0.2, 0.25) is 0 Å². The number of carbonyl (C=O) groups is 1. The Bertz CT molecular complexity index is 762. The smallest absolute Gasteiger partial charge is 0.322 e. The lowest BCUT2D eigenvalue weighted by molar-refractivity contribution is 0.208. The molecule has 1 saturated heterocycles. The summed E-state index contributed by atoms with van der Waals surface area (Å²) in [5.41, 5.74) is 5.48. The molecule has 2 aromatic rings. The van der Waals surface area contributed by atoms with Crippen molar-refractivity contribution in [1.29, 1.82) is 0 Å². The minimum Gasteiger partial charge on any atom is -0.368 e. The van der Waals surface area contributed by atoms with E-state index in [9.17, 15) is 4.79 Å². The first-order valence-corrected chi connectivity index (χ1v) is 8.97. The Balaban J connectivity index is 1.63. The van der Waals surface area contributed by atoms with E-state index in [0.29, 0.717) is 23.8 Å². The summed E-state index contributed by atoms with van der Waals surface area (Å²) >= 11 is 6.20. The van der Waals surface area contributed by atoms with Crippen molar-refractivity contribution in [2.24, 2.45) is 0 Å². The minimum absolute atomic E-state index is 0.0866. The fourth-order valence-electron chi connectivity index (χ4n) is 3.29. The predicted molar refractivity (Wildman–Crippen MR) is 105 cm³/mol. The van der Waals surface area contributed by atoms with Crippen molar-refractivity contribution < 1.29 is 4.79 Å². The summed E-state index contributed by atoms with van der Waals surface area (Å²) in [5.74, 6) is 0. The van der Waals surface area contributed by atoms with Crippen molar-refractivity contribution in [1.82, 2.24) is 4.90 Å². The van der Waals surface area contributed by atoms with Gasteiger partial charge < -0.3 is 15.1 Å². The van der Waals surface area contributed by atoms with Crippen LogP contribution in [0.25, 0.3) is 0 Å². The van der Waals surface area contributed by atoms with E-state index in [0.717, 1.165) is 18.7 Å². The van der Waals surface area contributed by atoms with Gasteiger partial charge in [-0.15, -0.1) is 0 Å². The minimum atomic E-state index is -0.0866. The molecule has 2 amide bonds. The van der Waals surface area contributed by atoms with Crippen LogP contribution in [0.4, 0.5) is 16.2 Å². The molecule has 5 heteroatoms. The van der Waals surface area contributed by atoms with Gasteiger partial charge in [-0.05, 0) is 44.0 Å². The second-order valence-electron chi connectivity index (χ2n) is 6.63. The first-order chi connectivity index (χ1) is 12.0. The van der Waals surface area contributed by atoms with Crippen LogP contribution in [-0.4, -0.2) is 37.1 Å². The van der Waals surface area contributed by atoms with Gasteiger partial charge in [-0.2, -0.15) is 0 Å². The number of anilines is 2. The molecule has 25 heavy (non-hydrogen) atoms. The van der Waals surface area contributed by atoms with E-state index in [4.69, 9.17) is 11.6 Å². The number of para-hydroxylation sites is 1. The first-order valence-electron chi connectivity index (χ1n) is 8.59. The number of aryl methyl sites for hydroxylation is 3. The molecule has 1 aliphatic heterocycles. The molecule has 0 radical (unpaired) electrons. The summed E-state index contributed by atoms with van der Waals surface area (Å²) in [5, 5.41) is 3.53. The quantitative estimate of drug-likeness (QED) is 0.851. The highest BCUT2D eigenvalue weighted by Crippen LogP contribution is 2.26. The zero-order valence-corrected chi connectivity index (χ0v) is 15.7. The number of amides is 2. The molecule has 1 aliphatic rings. The van der Waals surface area contributed by atoms with Gasteiger partial charge >= 0.3 is 6.03 Å². The molecule has 0 saturated carbocycles. The molecular formula is C20H24ClN3O. The number of benzene rings is 2. The first kappa shape index (κ1) is 17.6. The van der Waals surface area contributed by atoms with E-state index < -0.39 is 0 Å². The monoisotopic (exact) mass is 357 g/mol. The third-order valence-corrected chi connectivity index (χ3v) is 5.03. The number of piperazine rings is 1. The molecule has 2 aromatic carbocycles. The highest BCUT2D eigenvalue weighted by molar-refractivity contribution is 6.33. The van der Waals surface area contributed by atoms with Crippen molar-refractivity contribution in [2.45, 2.75) is 20.8 Å². The van der Waals surface area contributed by atoms with Crippen LogP contribution in [0.2, 0.25) is 5.02 Å². The molecule has 1 heterocycles. The van der Waals surface area contributed by atoms with Crippen LogP contribution in [0, 0.1) is 20.8 Å². The number of carbonyl (C=O) groups excluding carboxylic acids is 1. The van der Waals surface area contributed by atoms with Crippen LogP contribution < -0.4 is 10.2 Å². The van der Waals surface area contributed by atoms with Gasteiger partial charge in [0.05, 0.1) is 10.7 Å². The molecule has 0 unspecified atom stereocenters. The summed E-state index contributed by atoms with van der Waals surface area (Å²) in [4.78, 5) is 16.8. The van der Waals surface area contributed by atoms with Crippen LogP contribution in [0.3, 0.4) is 0 Å². The summed E-state index contributed by atoms with van der Waals surface area (Å²) in [6, 6.07) is 12.1. The lowest BCUT2D eigenvalue weighted by Gasteiger charge is -2.37. The number of urea groups is 1. The number of hydrogen-bond donors (Lipinski definition) is 1. The average molecular weight is 358 g/mol. The maximum absolute atomic E-state index is 12.6. The largest absolute Gasteiger partial charge is 0.368 e. The molecule has 3 rings (SSSR count). The molecule has 0 spiro atoms. The molecule has 1 N–H and O–H groups in total. The van der Waals surface area contributed by atoms with E-state index in [1.807, 2.05) is 24.0 Å². The second kappa shape index (κ2) is 7.36. The Hall–Kier alpha value is -2.20. The van der Waals surface area contributed by atoms with E-state index in [1.165, 1.54) is 16.8 Å². The van der Waals surface area contributed by atoms with E-state index >= 15 is 0 Å². The van der Waals surface area contributed by atoms with Crippen LogP contribution in [-0.2, 0) is 0 Å². The van der Waals surface area contributed by atoms with Crippen molar-refractivity contribution >= 4 is 29.0 Å². The maximum Gasteiger partial charge on any atom is 0.322 e. The number of halogens is 1. The van der Waals surface area contributed by atoms with E-state index in [2.05, 4.69) is 42.3 Å². The lowest BCUT2D eigenvalue weighted by Crippen LogP contribution is -2.50. The van der Waals surface area contributed by atoms with Gasteiger partial charge in [0, 0.05) is 31.9 Å². The SMILES string of the molecule is Cc1ccc(N2CCN(C(=O)Nc3c(C)cccc3Cl)CC2)c(C)c1. The van der Waals surface area contributed by atoms with Gasteiger partial charge in [-0.3, -0.25) is 0 Å². The lowest BCUT2D eigenvalue weighted by atomic mass is 10.1. The Morgan fingerprint density at radius 1 is 1.00 bits per heavy atom. The van der Waals surface area contributed by atoms with Crippen molar-refractivity contribution in [3.05, 3.63) is 58.1 Å². The standard InChI is InChI=1S/C20H24ClN3O/c1-14-7-8-18(16(3)13-14)23-9-11-24(12-10-23)20(25)22-19-15(2)5-4-6-17(19)21/h4-8,13H,9-12H2,1-3H3,(H,22,25). The molecule has 0 aliphatic carbocycles. The fourth-order valence-corrected chi connectivity index (χ4v) is 3.56. The van der Waals surface area contributed by atoms with Gasteiger partial charge in [0.15, 0.2) is 0 Å². The maximum atomic E-state index is 12.6. The van der Waals surface area contributed by atoms with E-state index in [1.54, 1.807) is 6.07 Å². The highest BCUT2D eigenvalue weighted by atomic mass is 35.5. The summed E-state index contributed by atoms with van der Waals surface area (Å²) < 4.78 is 0. The number of nitrogens with zero attached hydrogens (tertiary/aromatic N) is 2. The molecule has 0 atom stereocenters. The van der Waals surface area contributed by atoms with Crippen LogP contribution >= 0.6 is 11.6 Å². The van der Waals surface area contributed by atoms with Gasteiger partial charge in [0.25, 0.3) is 0 Å². The number of hydrogen-bond acceptors (Lipinski definition) is 2. The van der Waals surface area contributed by atoms with Crippen molar-refractivity contribution in [3.63, 3.8) is 0 Å². The van der Waals surface area contributed by atoms with Crippen LogP contribution in [0.5, 0.6) is 0 Å². The summed E-state index contributed by atoms with van der Waals surface area (Å²) in [6.07, 6.45) is 0. The van der Waals surface area contributed by atoms with Crippen LogP contribution in [0.1, 0.15) is 16.7 Å². The molecule has 4 nitrogen and oxygen atoms in total. The topological polar surface area (TPSA) is 35.6 Å². The average Bonchev–Trinajstić information content (AvgIpc) is 2.58. The molecule has 0 bridgehead atoms. The Kier molecular flexibility index (Phi) is 5.19. The number of nitrogens with one attached hydrogen (secondary N) is 1. The van der Waals surface area contributed by atoms with E-state index in [-0.39, 0.29) is 6.03 Å². The van der Waals surface area contributed by atoms with Crippen molar-refractivity contribution in [2.75, 3.05) is 36.4 Å². The second-order valence-corrected chi connectivity index (χ2v) is 7.03. The fraction of sp³-hybridized carbons (Fsp3) is 0.350. The normalized spacial score (nSPS) is 14.6. The number of rotatable bonds is 2. The van der Waals surface area contributed by atoms with Crippen LogP contribution in [0.15, 0.2) is 36.4 Å². The van der Waals surface area contributed by atoms with Gasteiger partial charge in [-0.25, -0.2) is 4.79 Å². The summed E-state index contributed by atoms with van der Waals surface area (Å²) in [6.45, 7) is 9.25. The zero-order valence-electron chi connectivity index (χ0n) is 15.0. The predicted octanol–water partition coefficient (Wildman–Crippen LogP) is 4.62. The molecule has 132 valence electrons. The zero-order chi connectivity index (χ0) is 18.0. The molecule has 1 fully saturated rings. The summed E-state index contributed by atoms with van der Waals surface area (Å²) in [7, 11) is 0. The third kappa shape index (κ3) is 3.90. The Morgan fingerprint density at radius 3 is 2.36 bits per heavy atom.